The Labute approximate surface area is 503 Å². The van der Waals surface area contributed by atoms with Crippen LogP contribution in [0, 0.1) is 0 Å². The lowest BCUT2D eigenvalue weighted by molar-refractivity contribution is 0.668. The lowest BCUT2D eigenvalue weighted by Gasteiger charge is -2.27. The van der Waals surface area contributed by atoms with Crippen molar-refractivity contribution in [3.8, 4) is 39.1 Å². The Morgan fingerprint density at radius 3 is 1.06 bits per heavy atom. The van der Waals surface area contributed by atoms with Crippen LogP contribution in [0.1, 0.15) is 0 Å². The van der Waals surface area contributed by atoms with Crippen molar-refractivity contribution in [1.29, 1.82) is 0 Å². The van der Waals surface area contributed by atoms with Crippen LogP contribution >= 0.6 is 0 Å². The number of nitrogens with zero attached hydrogens (tertiary/aromatic N) is 3. The molecule has 410 valence electrons. The Hall–Kier alpha value is -11.7. The number of hydrogen-bond donors (Lipinski definition) is 0. The van der Waals surface area contributed by atoms with Gasteiger partial charge < -0.3 is 23.2 Å². The van der Waals surface area contributed by atoms with Crippen molar-refractivity contribution in [3.63, 3.8) is 0 Å². The minimum absolute atomic E-state index is 0.876. The molecule has 5 nitrogen and oxygen atoms in total. The summed E-state index contributed by atoms with van der Waals surface area (Å²) in [5, 5.41) is 9.36. The second-order valence-electron chi connectivity index (χ2n) is 22.0. The van der Waals surface area contributed by atoms with Crippen LogP contribution in [0.2, 0.25) is 0 Å². The van der Waals surface area contributed by atoms with Gasteiger partial charge in [-0.3, -0.25) is 0 Å². The normalized spacial score (nSPS) is 11.4. The van der Waals surface area contributed by atoms with E-state index in [9.17, 15) is 0 Å². The van der Waals surface area contributed by atoms with E-state index in [1.54, 1.807) is 0 Å². The Morgan fingerprint density at radius 2 is 0.552 bits per heavy atom. The summed E-state index contributed by atoms with van der Waals surface area (Å²) >= 11 is 0. The van der Waals surface area contributed by atoms with E-state index in [0.717, 1.165) is 83.7 Å². The lowest BCUT2D eigenvalue weighted by atomic mass is 9.99. The number of anilines is 6. The molecule has 0 aliphatic rings. The van der Waals surface area contributed by atoms with Crippen molar-refractivity contribution < 1.29 is 8.83 Å². The highest BCUT2D eigenvalue weighted by Gasteiger charge is 2.23. The van der Waals surface area contributed by atoms with Crippen molar-refractivity contribution in [1.82, 2.24) is 4.57 Å². The molecular formula is C82H55N3O2. The highest BCUT2D eigenvalue weighted by Crippen LogP contribution is 2.47. The number of para-hydroxylation sites is 4. The molecule has 0 fully saturated rings. The van der Waals surface area contributed by atoms with Crippen LogP contribution in [0.25, 0.3) is 116 Å². The van der Waals surface area contributed by atoms with E-state index in [1.165, 1.54) is 66.0 Å². The molecule has 0 unspecified atom stereocenters. The molecule has 0 spiro atoms. The van der Waals surface area contributed by atoms with E-state index in [1.807, 2.05) is 24.3 Å². The molecule has 0 radical (unpaired) electrons. The molecule has 14 aromatic carbocycles. The predicted octanol–water partition coefficient (Wildman–Crippen LogP) is 23.4. The fourth-order valence-electron chi connectivity index (χ4n) is 12.8. The zero-order valence-corrected chi connectivity index (χ0v) is 47.4. The van der Waals surface area contributed by atoms with E-state index in [4.69, 9.17) is 8.83 Å². The first-order chi connectivity index (χ1) is 43.2. The monoisotopic (exact) mass is 1110 g/mol. The molecule has 0 saturated carbocycles. The summed E-state index contributed by atoms with van der Waals surface area (Å²) in [5.74, 6) is 0. The predicted molar refractivity (Wildman–Crippen MR) is 365 cm³/mol. The van der Waals surface area contributed by atoms with Gasteiger partial charge in [0.15, 0.2) is 0 Å². The first-order valence-electron chi connectivity index (χ1n) is 29.6. The Balaban J connectivity index is 0.000000141. The summed E-state index contributed by atoms with van der Waals surface area (Å²) in [6, 6.07) is 118. The summed E-state index contributed by atoms with van der Waals surface area (Å²) in [6.07, 6.45) is 0. The molecule has 17 aromatic rings. The van der Waals surface area contributed by atoms with Gasteiger partial charge in [0.05, 0.1) is 38.9 Å². The average Bonchev–Trinajstić information content (AvgIpc) is 1.96. The molecule has 0 amide bonds. The third-order valence-corrected chi connectivity index (χ3v) is 16.9. The van der Waals surface area contributed by atoms with Gasteiger partial charge in [0.1, 0.15) is 22.3 Å². The molecule has 0 aliphatic carbocycles. The fourth-order valence-corrected chi connectivity index (χ4v) is 12.8. The molecular weight excluding hydrogens is 1060 g/mol. The highest BCUT2D eigenvalue weighted by atomic mass is 16.3. The quantitative estimate of drug-likeness (QED) is 0.137. The third kappa shape index (κ3) is 9.23. The van der Waals surface area contributed by atoms with Gasteiger partial charge in [-0.2, -0.15) is 0 Å². The second-order valence-corrected chi connectivity index (χ2v) is 22.0. The van der Waals surface area contributed by atoms with Gasteiger partial charge in [0.2, 0.25) is 0 Å². The van der Waals surface area contributed by atoms with Crippen molar-refractivity contribution in [3.05, 3.63) is 334 Å². The number of fused-ring (bicyclic) bond motifs is 10. The zero-order valence-electron chi connectivity index (χ0n) is 47.4. The van der Waals surface area contributed by atoms with Gasteiger partial charge in [-0.1, -0.05) is 231 Å². The molecule has 0 saturated heterocycles. The summed E-state index contributed by atoms with van der Waals surface area (Å²) in [6.45, 7) is 0. The van der Waals surface area contributed by atoms with Crippen LogP contribution in [0.4, 0.5) is 34.1 Å². The molecule has 0 atom stereocenters. The Morgan fingerprint density at radius 1 is 0.218 bits per heavy atom. The molecule has 87 heavy (non-hydrogen) atoms. The van der Waals surface area contributed by atoms with Crippen LogP contribution < -0.4 is 9.80 Å². The van der Waals surface area contributed by atoms with Crippen molar-refractivity contribution in [2.45, 2.75) is 0 Å². The fraction of sp³-hybridized carbons (Fsp3) is 0. The highest BCUT2D eigenvalue weighted by molar-refractivity contribution is 6.16. The van der Waals surface area contributed by atoms with Crippen molar-refractivity contribution in [2.75, 3.05) is 9.80 Å². The van der Waals surface area contributed by atoms with E-state index in [0.29, 0.717) is 0 Å². The summed E-state index contributed by atoms with van der Waals surface area (Å²) in [7, 11) is 0. The van der Waals surface area contributed by atoms with Crippen LogP contribution in [-0.2, 0) is 0 Å². The zero-order chi connectivity index (χ0) is 57.6. The van der Waals surface area contributed by atoms with E-state index in [-0.39, 0.29) is 0 Å². The van der Waals surface area contributed by atoms with E-state index < -0.39 is 0 Å². The average molecular weight is 1110 g/mol. The minimum atomic E-state index is 0.876. The number of rotatable bonds is 10. The van der Waals surface area contributed by atoms with Crippen LogP contribution in [-0.4, -0.2) is 4.57 Å². The number of furan rings is 2. The topological polar surface area (TPSA) is 37.7 Å². The maximum Gasteiger partial charge on any atom is 0.137 e. The number of hydrogen-bond acceptors (Lipinski definition) is 4. The SMILES string of the molecule is c1ccc(-c2ccc(-c3ccc(N(c4cccc5ccccc45)c4cccc5oc6ccccc6c45)cc3)cc2)cc1.c1ccc(-c2ccc(N(c3ccc(-n4c5ccccc5c5ccccc54)cc3)c3cccc4oc5ccccc5c34)cc2)cc1. The molecule has 3 heterocycles. The molecule has 17 rings (SSSR count). The van der Waals surface area contributed by atoms with E-state index in [2.05, 4.69) is 324 Å². The summed E-state index contributed by atoms with van der Waals surface area (Å²) in [4.78, 5) is 4.71. The standard InChI is InChI=1S/C42H28N2O.C40H27NO/c1-2-11-29(12-3-1)30-21-23-31(24-22-30)43(39-18-10-20-41-42(39)36-15-6-9-19-40(36)45-41)32-25-27-33(28-26-32)44-37-16-7-4-13-34(37)35-14-5-8-17-38(35)44;1-2-10-28(11-3-1)29-20-22-30(23-21-29)31-24-26-33(27-25-31)41(36-16-8-13-32-12-4-5-14-34(32)36)37-17-9-19-39-40(37)35-15-6-7-18-38(35)42-39/h1-28H;1-27H. The van der Waals surface area contributed by atoms with Gasteiger partial charge in [0.25, 0.3) is 0 Å². The largest absolute Gasteiger partial charge is 0.456 e. The lowest BCUT2D eigenvalue weighted by Crippen LogP contribution is -2.10. The molecule has 5 heteroatoms. The van der Waals surface area contributed by atoms with E-state index >= 15 is 0 Å². The second kappa shape index (κ2) is 21.8. The number of aromatic nitrogens is 1. The van der Waals surface area contributed by atoms with Crippen LogP contribution in [0.5, 0.6) is 0 Å². The van der Waals surface area contributed by atoms with Gasteiger partial charge in [0, 0.05) is 49.7 Å². The van der Waals surface area contributed by atoms with Crippen LogP contribution in [0.15, 0.2) is 342 Å². The Kier molecular flexibility index (Phi) is 12.8. The van der Waals surface area contributed by atoms with Gasteiger partial charge >= 0.3 is 0 Å². The summed E-state index contributed by atoms with van der Waals surface area (Å²) < 4.78 is 15.0. The first kappa shape index (κ1) is 51.0. The smallest absolute Gasteiger partial charge is 0.137 e. The maximum atomic E-state index is 6.31. The minimum Gasteiger partial charge on any atom is -0.456 e. The van der Waals surface area contributed by atoms with Gasteiger partial charge in [-0.05, 0) is 142 Å². The number of benzene rings is 14. The van der Waals surface area contributed by atoms with Crippen molar-refractivity contribution >= 4 is 111 Å². The third-order valence-electron chi connectivity index (χ3n) is 16.9. The Bertz CT molecular complexity index is 5260. The first-order valence-corrected chi connectivity index (χ1v) is 29.6. The molecule has 0 bridgehead atoms. The summed E-state index contributed by atoms with van der Waals surface area (Å²) in [5.41, 5.74) is 20.8. The molecule has 3 aromatic heterocycles. The van der Waals surface area contributed by atoms with Gasteiger partial charge in [-0.15, -0.1) is 0 Å². The molecule has 0 aliphatic heterocycles. The molecule has 0 N–H and O–H groups in total. The van der Waals surface area contributed by atoms with Crippen LogP contribution in [0.3, 0.4) is 0 Å². The van der Waals surface area contributed by atoms with Gasteiger partial charge in [-0.25, -0.2) is 0 Å². The van der Waals surface area contributed by atoms with Crippen molar-refractivity contribution in [2.24, 2.45) is 0 Å². The maximum absolute atomic E-state index is 6.31.